The minimum Gasteiger partial charge on any atom is -0.462 e. The molecule has 3 N–H and O–H groups in total. The third-order valence-corrected chi connectivity index (χ3v) is 6.23. The molecule has 2 aliphatic rings. The first kappa shape index (κ1) is 25.6. The summed E-state index contributed by atoms with van der Waals surface area (Å²) in [6.45, 7) is 8.53. The molecule has 1 unspecified atom stereocenters. The summed E-state index contributed by atoms with van der Waals surface area (Å²) >= 11 is 0. The van der Waals surface area contributed by atoms with Gasteiger partial charge in [-0.25, -0.2) is 14.4 Å². The lowest BCUT2D eigenvalue weighted by Crippen LogP contribution is -2.48. The molecule has 3 rings (SSSR count). The molecule has 0 saturated heterocycles. The molecular formula is C26H38N4O4. The van der Waals surface area contributed by atoms with Gasteiger partial charge in [0.15, 0.2) is 0 Å². The molecule has 0 radical (unpaired) electrons. The topological polar surface area (TPSA) is 99.8 Å². The fraction of sp³-hybridized carbons (Fsp3) is 0.577. The zero-order valence-corrected chi connectivity index (χ0v) is 20.8. The van der Waals surface area contributed by atoms with E-state index < -0.39 is 12.0 Å². The third-order valence-electron chi connectivity index (χ3n) is 6.23. The second-order valence-corrected chi connectivity index (χ2v) is 9.58. The van der Waals surface area contributed by atoms with Crippen LogP contribution in [0.4, 0.5) is 15.3 Å². The summed E-state index contributed by atoms with van der Waals surface area (Å²) in [6, 6.07) is 6.29. The first-order valence-electron chi connectivity index (χ1n) is 12.4. The summed E-state index contributed by atoms with van der Waals surface area (Å²) in [4.78, 5) is 40.1. The van der Waals surface area contributed by atoms with E-state index in [1.807, 2.05) is 32.9 Å². The predicted molar refractivity (Wildman–Crippen MR) is 132 cm³/mol. The molecular weight excluding hydrogens is 432 g/mol. The number of nitrogens with zero attached hydrogens (tertiary/aromatic N) is 1. The SMILES string of the molecule is CCCN1C(=O)NC(c2cccc(NC(=O)NC3CCCCC3)c2)C(C(=O)OCC(C)C)=C1C. The van der Waals surface area contributed by atoms with Crippen LogP contribution in [0, 0.1) is 5.92 Å². The van der Waals surface area contributed by atoms with Gasteiger partial charge in [0.2, 0.25) is 0 Å². The highest BCUT2D eigenvalue weighted by Gasteiger charge is 2.36. The van der Waals surface area contributed by atoms with E-state index in [0.717, 1.165) is 32.1 Å². The Morgan fingerprint density at radius 2 is 1.94 bits per heavy atom. The normalized spacial score (nSPS) is 19.1. The summed E-state index contributed by atoms with van der Waals surface area (Å²) in [5.74, 6) is -0.242. The highest BCUT2D eigenvalue weighted by atomic mass is 16.5. The molecule has 8 nitrogen and oxygen atoms in total. The largest absolute Gasteiger partial charge is 0.462 e. The third kappa shape index (κ3) is 6.52. The van der Waals surface area contributed by atoms with Crippen molar-refractivity contribution in [2.45, 2.75) is 78.3 Å². The maximum Gasteiger partial charge on any atom is 0.338 e. The van der Waals surface area contributed by atoms with Crippen LogP contribution < -0.4 is 16.0 Å². The number of allylic oxidation sites excluding steroid dienone is 1. The summed E-state index contributed by atoms with van der Waals surface area (Å²) < 4.78 is 5.55. The monoisotopic (exact) mass is 470 g/mol. The lowest BCUT2D eigenvalue weighted by Gasteiger charge is -2.35. The molecule has 1 aliphatic heterocycles. The van der Waals surface area contributed by atoms with Crippen LogP contribution in [-0.2, 0) is 9.53 Å². The molecule has 34 heavy (non-hydrogen) atoms. The number of hydrogen-bond acceptors (Lipinski definition) is 4. The van der Waals surface area contributed by atoms with Crippen molar-refractivity contribution >= 4 is 23.7 Å². The Hall–Kier alpha value is -3.03. The fourth-order valence-electron chi connectivity index (χ4n) is 4.50. The average Bonchev–Trinajstić information content (AvgIpc) is 2.80. The number of esters is 1. The van der Waals surface area contributed by atoms with E-state index in [0.29, 0.717) is 35.7 Å². The maximum absolute atomic E-state index is 13.1. The number of amides is 4. The van der Waals surface area contributed by atoms with Crippen LogP contribution >= 0.6 is 0 Å². The second-order valence-electron chi connectivity index (χ2n) is 9.58. The average molecular weight is 471 g/mol. The minimum atomic E-state index is -0.663. The molecule has 1 heterocycles. The Bertz CT molecular complexity index is 921. The number of benzene rings is 1. The molecule has 0 aromatic heterocycles. The highest BCUT2D eigenvalue weighted by Crippen LogP contribution is 2.32. The van der Waals surface area contributed by atoms with E-state index >= 15 is 0 Å². The van der Waals surface area contributed by atoms with Crippen LogP contribution in [0.1, 0.15) is 77.8 Å². The van der Waals surface area contributed by atoms with Gasteiger partial charge in [0.1, 0.15) is 0 Å². The van der Waals surface area contributed by atoms with Crippen LogP contribution in [0.2, 0.25) is 0 Å². The van der Waals surface area contributed by atoms with E-state index in [-0.39, 0.29) is 24.0 Å². The quantitative estimate of drug-likeness (QED) is 0.461. The molecule has 1 aromatic carbocycles. The molecule has 186 valence electrons. The Balaban J connectivity index is 1.83. The number of ether oxygens (including phenoxy) is 1. The minimum absolute atomic E-state index is 0.198. The Labute approximate surface area is 202 Å². The molecule has 1 aromatic rings. The lowest BCUT2D eigenvalue weighted by molar-refractivity contribution is -0.140. The van der Waals surface area contributed by atoms with E-state index in [9.17, 15) is 14.4 Å². The molecule has 1 saturated carbocycles. The Morgan fingerprint density at radius 1 is 1.21 bits per heavy atom. The van der Waals surface area contributed by atoms with Gasteiger partial charge in [0.05, 0.1) is 18.2 Å². The zero-order valence-electron chi connectivity index (χ0n) is 20.8. The van der Waals surface area contributed by atoms with Crippen molar-refractivity contribution in [2.24, 2.45) is 5.92 Å². The zero-order chi connectivity index (χ0) is 24.7. The van der Waals surface area contributed by atoms with Crippen molar-refractivity contribution in [3.63, 3.8) is 0 Å². The number of anilines is 1. The highest BCUT2D eigenvalue weighted by molar-refractivity contribution is 5.95. The number of carbonyl (C=O) groups is 3. The number of carbonyl (C=O) groups excluding carboxylic acids is 3. The number of nitrogens with one attached hydrogen (secondary N) is 3. The summed E-state index contributed by atoms with van der Waals surface area (Å²) in [5, 5.41) is 8.91. The van der Waals surface area contributed by atoms with Gasteiger partial charge >= 0.3 is 18.0 Å². The van der Waals surface area contributed by atoms with Gasteiger partial charge in [-0.2, -0.15) is 0 Å². The second kappa shape index (κ2) is 11.9. The van der Waals surface area contributed by atoms with Crippen LogP contribution in [-0.4, -0.2) is 42.1 Å². The smallest absolute Gasteiger partial charge is 0.338 e. The van der Waals surface area contributed by atoms with Crippen LogP contribution in [0.5, 0.6) is 0 Å². The van der Waals surface area contributed by atoms with Gasteiger partial charge < -0.3 is 20.7 Å². The van der Waals surface area contributed by atoms with Gasteiger partial charge in [-0.05, 0) is 49.8 Å². The van der Waals surface area contributed by atoms with Gasteiger partial charge in [-0.3, -0.25) is 4.90 Å². The number of urea groups is 2. The van der Waals surface area contributed by atoms with Gasteiger partial charge in [-0.15, -0.1) is 0 Å². The van der Waals surface area contributed by atoms with Crippen LogP contribution in [0.3, 0.4) is 0 Å². The maximum atomic E-state index is 13.1. The standard InChI is InChI=1S/C26H38N4O4/c1-5-14-30-18(4)22(24(31)34-16-17(2)3)23(29-26(30)33)19-10-9-13-21(15-19)28-25(32)27-20-11-7-6-8-12-20/h9-10,13,15,17,20,23H,5-8,11-12,14,16H2,1-4H3,(H,29,33)(H2,27,28,32). The first-order valence-corrected chi connectivity index (χ1v) is 12.4. The van der Waals surface area contributed by atoms with Gasteiger partial charge in [-0.1, -0.05) is 52.2 Å². The number of hydrogen-bond donors (Lipinski definition) is 3. The van der Waals surface area contributed by atoms with Gasteiger partial charge in [0.25, 0.3) is 0 Å². The van der Waals surface area contributed by atoms with Crippen molar-refractivity contribution in [2.75, 3.05) is 18.5 Å². The van der Waals surface area contributed by atoms with Crippen molar-refractivity contribution in [1.29, 1.82) is 0 Å². The van der Waals surface area contributed by atoms with E-state index in [2.05, 4.69) is 16.0 Å². The van der Waals surface area contributed by atoms with Crippen molar-refractivity contribution in [3.05, 3.63) is 41.1 Å². The van der Waals surface area contributed by atoms with Crippen molar-refractivity contribution < 1.29 is 19.1 Å². The molecule has 8 heteroatoms. The fourth-order valence-corrected chi connectivity index (χ4v) is 4.50. The Morgan fingerprint density at radius 3 is 2.62 bits per heavy atom. The predicted octanol–water partition coefficient (Wildman–Crippen LogP) is 5.09. The van der Waals surface area contributed by atoms with Gasteiger partial charge in [0, 0.05) is 24.0 Å². The number of rotatable bonds is 8. The van der Waals surface area contributed by atoms with Crippen molar-refractivity contribution in [3.8, 4) is 0 Å². The Kier molecular flexibility index (Phi) is 8.96. The van der Waals surface area contributed by atoms with E-state index in [1.54, 1.807) is 24.0 Å². The van der Waals surface area contributed by atoms with E-state index in [4.69, 9.17) is 4.74 Å². The van der Waals surface area contributed by atoms with Crippen LogP contribution in [0.15, 0.2) is 35.5 Å². The summed E-state index contributed by atoms with van der Waals surface area (Å²) in [6.07, 6.45) is 6.26. The van der Waals surface area contributed by atoms with Crippen LogP contribution in [0.25, 0.3) is 0 Å². The summed E-state index contributed by atoms with van der Waals surface area (Å²) in [7, 11) is 0. The summed E-state index contributed by atoms with van der Waals surface area (Å²) in [5.41, 5.74) is 2.31. The lowest BCUT2D eigenvalue weighted by atomic mass is 9.94. The molecule has 1 atom stereocenters. The molecule has 1 aliphatic carbocycles. The molecule has 0 spiro atoms. The molecule has 4 amide bonds. The first-order chi connectivity index (χ1) is 16.3. The van der Waals surface area contributed by atoms with Crippen molar-refractivity contribution in [1.82, 2.24) is 15.5 Å². The molecule has 0 bridgehead atoms. The van der Waals surface area contributed by atoms with E-state index in [1.165, 1.54) is 6.42 Å². The molecule has 1 fully saturated rings.